The van der Waals surface area contributed by atoms with E-state index in [1.807, 2.05) is 30.3 Å². The predicted molar refractivity (Wildman–Crippen MR) is 94.0 cm³/mol. The summed E-state index contributed by atoms with van der Waals surface area (Å²) in [5.74, 6) is -3.26. The molecule has 6 heteroatoms. The molecule has 0 fully saturated rings. The highest BCUT2D eigenvalue weighted by atomic mass is 16.6. The fraction of sp³-hybridized carbons (Fsp3) is 0.450. The summed E-state index contributed by atoms with van der Waals surface area (Å²) in [5.41, 5.74) is -0.862. The molecule has 1 aromatic carbocycles. The number of carbonyl (C=O) groups is 3. The Bertz CT molecular complexity index is 661. The highest BCUT2D eigenvalue weighted by molar-refractivity contribution is 6.02. The minimum atomic E-state index is -1.64. The fourth-order valence-electron chi connectivity index (χ4n) is 3.22. The fourth-order valence-corrected chi connectivity index (χ4v) is 3.22. The number of hydrogen-bond donors (Lipinski definition) is 0. The lowest BCUT2D eigenvalue weighted by atomic mass is 9.61. The third-order valence-corrected chi connectivity index (χ3v) is 4.56. The Morgan fingerprint density at radius 2 is 1.54 bits per heavy atom. The third kappa shape index (κ3) is 3.64. The van der Waals surface area contributed by atoms with Crippen LogP contribution in [-0.4, -0.2) is 38.2 Å². The van der Waals surface area contributed by atoms with Gasteiger partial charge in [0.2, 0.25) is 0 Å². The molecule has 0 aliphatic heterocycles. The van der Waals surface area contributed by atoms with E-state index in [9.17, 15) is 14.4 Å². The summed E-state index contributed by atoms with van der Waals surface area (Å²) >= 11 is 0. The first-order chi connectivity index (χ1) is 12.5. The molecule has 0 radical (unpaired) electrons. The zero-order valence-electron chi connectivity index (χ0n) is 15.3. The molecular weight excluding hydrogens is 336 g/mol. The molecule has 0 heterocycles. The summed E-state index contributed by atoms with van der Waals surface area (Å²) in [4.78, 5) is 38.0. The van der Waals surface area contributed by atoms with Crippen LogP contribution in [0.25, 0.3) is 0 Å². The van der Waals surface area contributed by atoms with Gasteiger partial charge in [-0.2, -0.15) is 0 Å². The van der Waals surface area contributed by atoms with Crippen molar-refractivity contribution in [2.45, 2.75) is 20.3 Å². The minimum absolute atomic E-state index is 0.0774. The molecule has 2 rings (SSSR count). The van der Waals surface area contributed by atoms with Crippen molar-refractivity contribution in [3.8, 4) is 0 Å². The van der Waals surface area contributed by atoms with Crippen molar-refractivity contribution >= 4 is 17.9 Å². The average molecular weight is 360 g/mol. The van der Waals surface area contributed by atoms with Crippen molar-refractivity contribution < 1.29 is 28.6 Å². The molecule has 0 aromatic heterocycles. The molecule has 0 amide bonds. The lowest BCUT2D eigenvalue weighted by Crippen LogP contribution is -2.54. The summed E-state index contributed by atoms with van der Waals surface area (Å²) in [6, 6.07) is 9.14. The standard InChI is InChI=1S/C20H24O6/c1-4-25-18(22)20(19(23)26-5-2,13-14-9-7-6-8-10-14)16-12-11-15(16)17(21)24-3/h6-12,15-16H,4-5,13H2,1-3H3/t15-,16+/m0/s1. The van der Waals surface area contributed by atoms with Crippen molar-refractivity contribution in [1.29, 1.82) is 0 Å². The van der Waals surface area contributed by atoms with Crippen LogP contribution < -0.4 is 0 Å². The van der Waals surface area contributed by atoms with Gasteiger partial charge in [-0.05, 0) is 25.8 Å². The maximum atomic E-state index is 13.0. The monoisotopic (exact) mass is 360 g/mol. The number of hydrogen-bond acceptors (Lipinski definition) is 6. The molecule has 0 bridgehead atoms. The molecule has 0 unspecified atom stereocenters. The van der Waals surface area contributed by atoms with E-state index in [1.165, 1.54) is 7.11 Å². The molecule has 140 valence electrons. The molecule has 1 aliphatic carbocycles. The second-order valence-electron chi connectivity index (χ2n) is 6.03. The molecule has 0 spiro atoms. The van der Waals surface area contributed by atoms with Gasteiger partial charge >= 0.3 is 17.9 Å². The van der Waals surface area contributed by atoms with E-state index in [-0.39, 0.29) is 19.6 Å². The molecule has 0 saturated heterocycles. The second kappa shape index (κ2) is 8.65. The number of methoxy groups -OCH3 is 1. The van der Waals surface area contributed by atoms with Gasteiger partial charge in [0, 0.05) is 5.92 Å². The van der Waals surface area contributed by atoms with Gasteiger partial charge in [-0.1, -0.05) is 42.5 Å². The lowest BCUT2D eigenvalue weighted by Gasteiger charge is -2.41. The normalized spacial score (nSPS) is 18.6. The van der Waals surface area contributed by atoms with E-state index < -0.39 is 35.2 Å². The summed E-state index contributed by atoms with van der Waals surface area (Å²) in [6.45, 7) is 3.58. The van der Waals surface area contributed by atoms with Gasteiger partial charge in [0.05, 0.1) is 26.2 Å². The highest BCUT2D eigenvalue weighted by Gasteiger charge is 2.59. The van der Waals surface area contributed by atoms with Crippen LogP contribution in [0.2, 0.25) is 0 Å². The van der Waals surface area contributed by atoms with Crippen LogP contribution in [0.5, 0.6) is 0 Å². The molecular formula is C20H24O6. The van der Waals surface area contributed by atoms with E-state index >= 15 is 0 Å². The van der Waals surface area contributed by atoms with E-state index in [0.29, 0.717) is 0 Å². The number of benzene rings is 1. The van der Waals surface area contributed by atoms with Crippen LogP contribution >= 0.6 is 0 Å². The highest BCUT2D eigenvalue weighted by Crippen LogP contribution is 2.46. The van der Waals surface area contributed by atoms with Crippen LogP contribution in [0.4, 0.5) is 0 Å². The van der Waals surface area contributed by atoms with Gasteiger partial charge in [-0.3, -0.25) is 14.4 Å². The lowest BCUT2D eigenvalue weighted by molar-refractivity contribution is -0.178. The Hall–Kier alpha value is -2.63. The molecule has 0 saturated carbocycles. The Kier molecular flexibility index (Phi) is 6.55. The minimum Gasteiger partial charge on any atom is -0.469 e. The first-order valence-corrected chi connectivity index (χ1v) is 8.65. The maximum absolute atomic E-state index is 13.0. The van der Waals surface area contributed by atoms with Crippen molar-refractivity contribution in [1.82, 2.24) is 0 Å². The van der Waals surface area contributed by atoms with Gasteiger partial charge < -0.3 is 14.2 Å². The Morgan fingerprint density at radius 1 is 0.962 bits per heavy atom. The number of rotatable bonds is 8. The van der Waals surface area contributed by atoms with E-state index in [1.54, 1.807) is 26.0 Å². The van der Waals surface area contributed by atoms with Crippen molar-refractivity contribution in [3.05, 3.63) is 48.0 Å². The van der Waals surface area contributed by atoms with Gasteiger partial charge in [0.1, 0.15) is 0 Å². The molecule has 26 heavy (non-hydrogen) atoms. The molecule has 0 N–H and O–H groups in total. The molecule has 6 nitrogen and oxygen atoms in total. The largest absolute Gasteiger partial charge is 0.469 e. The maximum Gasteiger partial charge on any atom is 0.324 e. The summed E-state index contributed by atoms with van der Waals surface area (Å²) < 4.78 is 15.3. The van der Waals surface area contributed by atoms with Gasteiger partial charge in [0.15, 0.2) is 5.41 Å². The third-order valence-electron chi connectivity index (χ3n) is 4.56. The van der Waals surface area contributed by atoms with Crippen LogP contribution in [-0.2, 0) is 35.0 Å². The summed E-state index contributed by atoms with van der Waals surface area (Å²) in [6.07, 6.45) is 3.39. The van der Waals surface area contributed by atoms with E-state index in [2.05, 4.69) is 0 Å². The Labute approximate surface area is 153 Å². The Morgan fingerprint density at radius 3 is 1.96 bits per heavy atom. The van der Waals surface area contributed by atoms with E-state index in [4.69, 9.17) is 14.2 Å². The number of esters is 3. The molecule has 1 aromatic rings. The van der Waals surface area contributed by atoms with E-state index in [0.717, 1.165) is 5.56 Å². The summed E-state index contributed by atoms with van der Waals surface area (Å²) in [7, 11) is 1.28. The quantitative estimate of drug-likeness (QED) is 0.306. The molecule has 1 aliphatic rings. The SMILES string of the molecule is CCOC(=O)C(Cc1ccccc1)(C(=O)OCC)[C@@H]1C=C[C@@H]1C(=O)OC. The summed E-state index contributed by atoms with van der Waals surface area (Å²) in [5, 5.41) is 0. The smallest absolute Gasteiger partial charge is 0.324 e. The van der Waals surface area contributed by atoms with Crippen LogP contribution in [0, 0.1) is 17.3 Å². The average Bonchev–Trinajstić information content (AvgIpc) is 2.61. The van der Waals surface area contributed by atoms with Crippen molar-refractivity contribution in [2.75, 3.05) is 20.3 Å². The zero-order chi connectivity index (χ0) is 19.2. The van der Waals surface area contributed by atoms with Gasteiger partial charge in [-0.15, -0.1) is 0 Å². The topological polar surface area (TPSA) is 78.9 Å². The van der Waals surface area contributed by atoms with Crippen LogP contribution in [0.1, 0.15) is 19.4 Å². The number of allylic oxidation sites excluding steroid dienone is 1. The van der Waals surface area contributed by atoms with Crippen molar-refractivity contribution in [2.24, 2.45) is 17.3 Å². The van der Waals surface area contributed by atoms with Crippen LogP contribution in [0.15, 0.2) is 42.5 Å². The molecule has 2 atom stereocenters. The van der Waals surface area contributed by atoms with Crippen LogP contribution in [0.3, 0.4) is 0 Å². The first-order valence-electron chi connectivity index (χ1n) is 8.65. The number of carbonyl (C=O) groups excluding carboxylic acids is 3. The van der Waals surface area contributed by atoms with Gasteiger partial charge in [0.25, 0.3) is 0 Å². The predicted octanol–water partition coefficient (Wildman–Crippen LogP) is 2.32. The van der Waals surface area contributed by atoms with Crippen molar-refractivity contribution in [3.63, 3.8) is 0 Å². The van der Waals surface area contributed by atoms with Gasteiger partial charge in [-0.25, -0.2) is 0 Å². The Balaban J connectivity index is 2.52. The zero-order valence-corrected chi connectivity index (χ0v) is 15.3. The second-order valence-corrected chi connectivity index (χ2v) is 6.03. The number of ether oxygens (including phenoxy) is 3. The first kappa shape index (κ1) is 19.7.